The minimum Gasteiger partial charge on any atom is -0.496 e. The van der Waals surface area contributed by atoms with Crippen LogP contribution in [-0.2, 0) is 18.9 Å². The molecule has 5 rings (SSSR count). The molecular weight excluding hydrogens is 424 g/mol. The number of ether oxygens (including phenoxy) is 4. The van der Waals surface area contributed by atoms with Gasteiger partial charge in [0.2, 0.25) is 0 Å². The summed E-state index contributed by atoms with van der Waals surface area (Å²) in [5.41, 5.74) is 9.30. The second kappa shape index (κ2) is 8.60. The number of benzene rings is 3. The summed E-state index contributed by atoms with van der Waals surface area (Å²) in [6.45, 7) is 4.23. The number of methoxy groups -OCH3 is 4. The molecule has 2 unspecified atom stereocenters. The van der Waals surface area contributed by atoms with Gasteiger partial charge in [0, 0.05) is 11.1 Å². The zero-order valence-electron chi connectivity index (χ0n) is 20.6. The Hall–Kier alpha value is -3.66. The van der Waals surface area contributed by atoms with Gasteiger partial charge in [-0.2, -0.15) is 0 Å². The first kappa shape index (κ1) is 22.1. The largest absolute Gasteiger partial charge is 0.496 e. The first-order valence-electron chi connectivity index (χ1n) is 11.5. The monoisotopic (exact) mass is 454 g/mol. The lowest BCUT2D eigenvalue weighted by Gasteiger charge is -2.24. The van der Waals surface area contributed by atoms with E-state index in [0.29, 0.717) is 0 Å². The second-order valence-corrected chi connectivity index (χ2v) is 8.78. The van der Waals surface area contributed by atoms with Crippen molar-refractivity contribution in [1.82, 2.24) is 0 Å². The van der Waals surface area contributed by atoms with Gasteiger partial charge in [-0.05, 0) is 47.2 Å². The third-order valence-electron chi connectivity index (χ3n) is 7.12. The molecule has 2 aliphatic rings. The van der Waals surface area contributed by atoms with Crippen molar-refractivity contribution >= 4 is 11.5 Å². The van der Waals surface area contributed by atoms with Crippen LogP contribution in [0.15, 0.2) is 72.2 Å². The SMILES string of the molecule is COC1=C(OC)C(c2ccccc2C2C(OC)=C(OC)c3c(C)cccc32)c2cccc(C)c21. The van der Waals surface area contributed by atoms with Crippen molar-refractivity contribution in [2.24, 2.45) is 0 Å². The third kappa shape index (κ3) is 3.05. The summed E-state index contributed by atoms with van der Waals surface area (Å²) >= 11 is 0. The summed E-state index contributed by atoms with van der Waals surface area (Å²) < 4.78 is 23.8. The molecule has 0 fully saturated rings. The Morgan fingerprint density at radius 2 is 0.853 bits per heavy atom. The van der Waals surface area contributed by atoms with Crippen LogP contribution >= 0.6 is 0 Å². The van der Waals surface area contributed by atoms with Crippen LogP contribution in [-0.4, -0.2) is 28.4 Å². The molecule has 0 heterocycles. The van der Waals surface area contributed by atoms with Crippen LogP contribution in [0.25, 0.3) is 11.5 Å². The fraction of sp³-hybridized carbons (Fsp3) is 0.267. The summed E-state index contributed by atoms with van der Waals surface area (Å²) in [6, 6.07) is 21.4. The van der Waals surface area contributed by atoms with E-state index in [0.717, 1.165) is 34.2 Å². The normalized spacial score (nSPS) is 18.6. The molecule has 0 saturated heterocycles. The van der Waals surface area contributed by atoms with Gasteiger partial charge in [-0.25, -0.2) is 0 Å². The fourth-order valence-corrected chi connectivity index (χ4v) is 5.75. The minimum atomic E-state index is -0.0796. The van der Waals surface area contributed by atoms with Crippen LogP contribution in [0, 0.1) is 13.8 Å². The van der Waals surface area contributed by atoms with Crippen molar-refractivity contribution in [3.8, 4) is 0 Å². The van der Waals surface area contributed by atoms with Gasteiger partial charge in [0.1, 0.15) is 11.5 Å². The molecule has 3 aromatic carbocycles. The number of rotatable bonds is 6. The lowest BCUT2D eigenvalue weighted by atomic mass is 9.81. The van der Waals surface area contributed by atoms with Gasteiger partial charge in [-0.3, -0.25) is 0 Å². The van der Waals surface area contributed by atoms with Gasteiger partial charge < -0.3 is 18.9 Å². The van der Waals surface area contributed by atoms with Crippen LogP contribution in [0.1, 0.15) is 56.3 Å². The first-order chi connectivity index (χ1) is 16.6. The van der Waals surface area contributed by atoms with Crippen molar-refractivity contribution in [2.45, 2.75) is 25.7 Å². The number of hydrogen-bond acceptors (Lipinski definition) is 4. The van der Waals surface area contributed by atoms with Crippen LogP contribution in [0.3, 0.4) is 0 Å². The Kier molecular flexibility index (Phi) is 5.60. The minimum absolute atomic E-state index is 0.0796. The maximum Gasteiger partial charge on any atom is 0.165 e. The smallest absolute Gasteiger partial charge is 0.165 e. The van der Waals surface area contributed by atoms with Crippen LogP contribution < -0.4 is 0 Å². The molecule has 3 aromatic rings. The van der Waals surface area contributed by atoms with Gasteiger partial charge in [0.05, 0.1) is 40.3 Å². The van der Waals surface area contributed by atoms with E-state index < -0.39 is 0 Å². The van der Waals surface area contributed by atoms with E-state index >= 15 is 0 Å². The molecule has 0 spiro atoms. The highest BCUT2D eigenvalue weighted by Crippen LogP contribution is 2.53. The van der Waals surface area contributed by atoms with Crippen molar-refractivity contribution in [1.29, 1.82) is 0 Å². The van der Waals surface area contributed by atoms with Crippen LogP contribution in [0.5, 0.6) is 0 Å². The maximum absolute atomic E-state index is 6.01. The average Bonchev–Trinajstić information content (AvgIpc) is 3.37. The molecule has 34 heavy (non-hydrogen) atoms. The van der Waals surface area contributed by atoms with Gasteiger partial charge in [-0.1, -0.05) is 60.7 Å². The summed E-state index contributed by atoms with van der Waals surface area (Å²) in [4.78, 5) is 0. The second-order valence-electron chi connectivity index (χ2n) is 8.78. The van der Waals surface area contributed by atoms with Crippen molar-refractivity contribution in [3.05, 3.63) is 117 Å². The molecule has 4 heteroatoms. The Morgan fingerprint density at radius 1 is 0.471 bits per heavy atom. The number of aryl methyl sites for hydroxylation is 2. The third-order valence-corrected chi connectivity index (χ3v) is 7.12. The quantitative estimate of drug-likeness (QED) is 0.425. The van der Waals surface area contributed by atoms with E-state index in [9.17, 15) is 0 Å². The molecule has 0 saturated carbocycles. The Morgan fingerprint density at radius 3 is 1.21 bits per heavy atom. The van der Waals surface area contributed by atoms with Crippen LogP contribution in [0.2, 0.25) is 0 Å². The predicted octanol–water partition coefficient (Wildman–Crippen LogP) is 6.52. The lowest BCUT2D eigenvalue weighted by Crippen LogP contribution is -2.12. The highest BCUT2D eigenvalue weighted by molar-refractivity contribution is 5.80. The molecule has 0 N–H and O–H groups in total. The number of fused-ring (bicyclic) bond motifs is 2. The zero-order valence-corrected chi connectivity index (χ0v) is 20.6. The Labute approximate surface area is 201 Å². The molecule has 2 aliphatic carbocycles. The van der Waals surface area contributed by atoms with E-state index in [1.807, 2.05) is 0 Å². The molecule has 2 atom stereocenters. The van der Waals surface area contributed by atoms with Crippen molar-refractivity contribution in [2.75, 3.05) is 28.4 Å². The molecular formula is C30H30O4. The summed E-state index contributed by atoms with van der Waals surface area (Å²) in [7, 11) is 6.88. The summed E-state index contributed by atoms with van der Waals surface area (Å²) in [5.74, 6) is 3.11. The Bertz CT molecular complexity index is 1230. The maximum atomic E-state index is 6.01. The molecule has 0 aliphatic heterocycles. The lowest BCUT2D eigenvalue weighted by molar-refractivity contribution is 0.252. The number of allylic oxidation sites excluding steroid dienone is 2. The standard InChI is InChI=1S/C30H30O4/c1-17-11-9-15-21-23(17)27(31-3)29(33-5)25(21)19-13-7-8-14-20(19)26-22-16-10-12-18(2)24(22)28(32-4)30(26)34-6/h7-16,25-26H,1-6H3. The molecule has 0 bridgehead atoms. The predicted molar refractivity (Wildman–Crippen MR) is 134 cm³/mol. The van der Waals surface area contributed by atoms with E-state index in [2.05, 4.69) is 74.5 Å². The highest BCUT2D eigenvalue weighted by atomic mass is 16.5. The van der Waals surface area contributed by atoms with E-state index in [1.165, 1.54) is 33.4 Å². The van der Waals surface area contributed by atoms with Crippen molar-refractivity contribution < 1.29 is 18.9 Å². The number of hydrogen-bond donors (Lipinski definition) is 0. The van der Waals surface area contributed by atoms with E-state index in [1.54, 1.807) is 28.4 Å². The molecule has 0 aromatic heterocycles. The molecule has 0 amide bonds. The van der Waals surface area contributed by atoms with Crippen molar-refractivity contribution in [3.63, 3.8) is 0 Å². The van der Waals surface area contributed by atoms with E-state index in [4.69, 9.17) is 18.9 Å². The van der Waals surface area contributed by atoms with Gasteiger partial charge in [0.15, 0.2) is 11.5 Å². The van der Waals surface area contributed by atoms with E-state index in [-0.39, 0.29) is 11.8 Å². The van der Waals surface area contributed by atoms with Crippen LogP contribution in [0.4, 0.5) is 0 Å². The summed E-state index contributed by atoms with van der Waals surface area (Å²) in [6.07, 6.45) is 0. The van der Waals surface area contributed by atoms with Gasteiger partial charge in [0.25, 0.3) is 0 Å². The zero-order chi connectivity index (χ0) is 24.0. The van der Waals surface area contributed by atoms with Gasteiger partial charge >= 0.3 is 0 Å². The molecule has 0 radical (unpaired) electrons. The first-order valence-corrected chi connectivity index (χ1v) is 11.5. The van der Waals surface area contributed by atoms with Gasteiger partial charge in [-0.15, -0.1) is 0 Å². The molecule has 4 nitrogen and oxygen atoms in total. The highest BCUT2D eigenvalue weighted by Gasteiger charge is 2.41. The Balaban J connectivity index is 1.78. The average molecular weight is 455 g/mol. The fourth-order valence-electron chi connectivity index (χ4n) is 5.75. The molecule has 174 valence electrons. The summed E-state index contributed by atoms with van der Waals surface area (Å²) in [5, 5.41) is 0. The topological polar surface area (TPSA) is 36.9 Å².